The van der Waals surface area contributed by atoms with Crippen LogP contribution in [0.25, 0.3) is 0 Å². The van der Waals surface area contributed by atoms with Gasteiger partial charge in [-0.1, -0.05) is 19.8 Å². The highest BCUT2D eigenvalue weighted by molar-refractivity contribution is 5.90. The van der Waals surface area contributed by atoms with Crippen LogP contribution in [-0.4, -0.2) is 53.4 Å². The van der Waals surface area contributed by atoms with Crippen molar-refractivity contribution >= 4 is 11.8 Å². The van der Waals surface area contributed by atoms with Crippen LogP contribution in [0.2, 0.25) is 0 Å². The van der Waals surface area contributed by atoms with Gasteiger partial charge in [0.25, 0.3) is 0 Å². The van der Waals surface area contributed by atoms with Crippen molar-refractivity contribution in [2.75, 3.05) is 19.8 Å². The van der Waals surface area contributed by atoms with Gasteiger partial charge >= 0.3 is 0 Å². The molecule has 1 N–H and O–H groups in total. The molecule has 28 heavy (non-hydrogen) atoms. The molecule has 1 aliphatic carbocycles. The highest BCUT2D eigenvalue weighted by atomic mass is 16.7. The highest BCUT2D eigenvalue weighted by Gasteiger charge is 2.39. The van der Waals surface area contributed by atoms with Crippen LogP contribution in [0.5, 0.6) is 0 Å². The molecular formula is C21H33N3O4. The number of carbonyl (C=O) groups excluding carboxylic acids is 2. The van der Waals surface area contributed by atoms with Crippen molar-refractivity contribution in [2.24, 2.45) is 5.92 Å². The van der Waals surface area contributed by atoms with E-state index in [4.69, 9.17) is 9.47 Å². The van der Waals surface area contributed by atoms with Crippen molar-refractivity contribution in [3.05, 3.63) is 24.0 Å². The van der Waals surface area contributed by atoms with Crippen LogP contribution < -0.4 is 5.32 Å². The van der Waals surface area contributed by atoms with E-state index in [2.05, 4.69) is 12.2 Å². The smallest absolute Gasteiger partial charge is 0.249 e. The molecular weight excluding hydrogens is 358 g/mol. The Balaban J connectivity index is 1.82. The first kappa shape index (κ1) is 20.9. The zero-order valence-corrected chi connectivity index (χ0v) is 17.2. The summed E-state index contributed by atoms with van der Waals surface area (Å²) < 4.78 is 13.2. The predicted molar refractivity (Wildman–Crippen MR) is 105 cm³/mol. The Hall–Kier alpha value is -1.86. The summed E-state index contributed by atoms with van der Waals surface area (Å²) in [4.78, 5) is 27.8. The minimum Gasteiger partial charge on any atom is -0.351 e. The fourth-order valence-corrected chi connectivity index (χ4v) is 4.32. The minimum absolute atomic E-state index is 0.0926. The quantitative estimate of drug-likeness (QED) is 0.691. The lowest BCUT2D eigenvalue weighted by Crippen LogP contribution is -2.54. The maximum atomic E-state index is 13.3. The molecule has 1 fully saturated rings. The fraction of sp³-hybridized carbons (Fsp3) is 0.714. The number of amides is 2. The average Bonchev–Trinajstić information content (AvgIpc) is 3.12. The Kier molecular flexibility index (Phi) is 7.13. The molecule has 3 rings (SSSR count). The van der Waals surface area contributed by atoms with Crippen LogP contribution in [0.1, 0.15) is 58.2 Å². The number of ether oxygens (including phenoxy) is 2. The van der Waals surface area contributed by atoms with E-state index in [0.717, 1.165) is 25.0 Å². The van der Waals surface area contributed by atoms with Gasteiger partial charge in [-0.2, -0.15) is 0 Å². The summed E-state index contributed by atoms with van der Waals surface area (Å²) in [5, 5.41) is 3.23. The van der Waals surface area contributed by atoms with Gasteiger partial charge in [0.1, 0.15) is 6.54 Å². The molecule has 156 valence electrons. The zero-order valence-electron chi connectivity index (χ0n) is 17.2. The first-order valence-electron chi connectivity index (χ1n) is 10.5. The molecule has 7 heteroatoms. The third-order valence-corrected chi connectivity index (χ3v) is 5.82. The van der Waals surface area contributed by atoms with E-state index >= 15 is 0 Å². The van der Waals surface area contributed by atoms with Crippen LogP contribution in [0.4, 0.5) is 0 Å². The standard InChI is InChI=1S/C21H33N3O4/c1-4-27-19(28-5-2)14-24-18(25)13-23-12-8-11-17(23)20(24)21(26)22-16-10-7-6-9-15(16)3/h8,11-12,15-16,19-20H,4-7,9-10,13-14H2,1-3H3,(H,22,26)/t15-,16+,20+/m0/s1. The summed E-state index contributed by atoms with van der Waals surface area (Å²) in [6.07, 6.45) is 5.80. The molecule has 0 saturated heterocycles. The Labute approximate surface area is 167 Å². The minimum atomic E-state index is -0.659. The van der Waals surface area contributed by atoms with E-state index in [1.54, 1.807) is 4.90 Å². The molecule has 3 atom stereocenters. The lowest BCUT2D eigenvalue weighted by Gasteiger charge is -2.39. The van der Waals surface area contributed by atoms with Crippen molar-refractivity contribution in [3.63, 3.8) is 0 Å². The van der Waals surface area contributed by atoms with Crippen LogP contribution in [0, 0.1) is 5.92 Å². The first-order chi connectivity index (χ1) is 13.5. The number of fused-ring (bicyclic) bond motifs is 1. The molecule has 2 amide bonds. The second-order valence-electron chi connectivity index (χ2n) is 7.73. The molecule has 0 spiro atoms. The van der Waals surface area contributed by atoms with Gasteiger partial charge in [0.05, 0.1) is 12.2 Å². The number of nitrogens with one attached hydrogen (secondary N) is 1. The van der Waals surface area contributed by atoms with Gasteiger partial charge in [0.2, 0.25) is 11.8 Å². The Bertz CT molecular complexity index is 668. The summed E-state index contributed by atoms with van der Waals surface area (Å²) in [6.45, 7) is 7.42. The second kappa shape index (κ2) is 9.56. The maximum absolute atomic E-state index is 13.3. The molecule has 0 aromatic carbocycles. The lowest BCUT2D eigenvalue weighted by atomic mass is 9.85. The van der Waals surface area contributed by atoms with Crippen LogP contribution in [0.3, 0.4) is 0 Å². The number of carbonyl (C=O) groups is 2. The zero-order chi connectivity index (χ0) is 20.1. The van der Waals surface area contributed by atoms with Gasteiger partial charge in [-0.25, -0.2) is 0 Å². The van der Waals surface area contributed by atoms with E-state index in [1.165, 1.54) is 6.42 Å². The van der Waals surface area contributed by atoms with Crippen molar-refractivity contribution in [2.45, 2.75) is 71.4 Å². The third kappa shape index (κ3) is 4.58. The molecule has 1 aromatic rings. The number of hydrogen-bond acceptors (Lipinski definition) is 4. The second-order valence-corrected chi connectivity index (χ2v) is 7.73. The molecule has 0 radical (unpaired) electrons. The van der Waals surface area contributed by atoms with Crippen molar-refractivity contribution in [3.8, 4) is 0 Å². The largest absolute Gasteiger partial charge is 0.351 e. The molecule has 1 aliphatic heterocycles. The van der Waals surface area contributed by atoms with Crippen LogP contribution in [-0.2, 0) is 25.6 Å². The number of rotatable bonds is 8. The molecule has 7 nitrogen and oxygen atoms in total. The topological polar surface area (TPSA) is 72.8 Å². The molecule has 1 saturated carbocycles. The normalized spacial score (nSPS) is 25.1. The summed E-state index contributed by atoms with van der Waals surface area (Å²) >= 11 is 0. The van der Waals surface area contributed by atoms with E-state index in [9.17, 15) is 9.59 Å². The van der Waals surface area contributed by atoms with Crippen molar-refractivity contribution in [1.82, 2.24) is 14.8 Å². The molecule has 2 aliphatic rings. The summed E-state index contributed by atoms with van der Waals surface area (Å²) in [5.41, 5.74) is 0.840. The van der Waals surface area contributed by atoms with Gasteiger partial charge in [-0.15, -0.1) is 0 Å². The highest BCUT2D eigenvalue weighted by Crippen LogP contribution is 2.30. The van der Waals surface area contributed by atoms with Gasteiger partial charge in [-0.3, -0.25) is 9.59 Å². The molecule has 0 bridgehead atoms. The van der Waals surface area contributed by atoms with E-state index in [-0.39, 0.29) is 30.9 Å². The SMILES string of the molecule is CCOC(CN1C(=O)Cn2cccc2[C@@H]1C(=O)N[C@@H]1CCCC[C@@H]1C)OCC. The molecule has 1 aromatic heterocycles. The third-order valence-electron chi connectivity index (χ3n) is 5.82. The number of nitrogens with zero attached hydrogens (tertiary/aromatic N) is 2. The van der Waals surface area contributed by atoms with E-state index in [0.29, 0.717) is 19.1 Å². The molecule has 0 unspecified atom stereocenters. The lowest BCUT2D eigenvalue weighted by molar-refractivity contribution is -0.168. The average molecular weight is 392 g/mol. The predicted octanol–water partition coefficient (Wildman–Crippen LogP) is 2.47. The Morgan fingerprint density at radius 1 is 1.25 bits per heavy atom. The Morgan fingerprint density at radius 2 is 1.96 bits per heavy atom. The first-order valence-corrected chi connectivity index (χ1v) is 10.5. The van der Waals surface area contributed by atoms with E-state index in [1.807, 2.05) is 36.7 Å². The van der Waals surface area contributed by atoms with Gasteiger partial charge < -0.3 is 24.3 Å². The van der Waals surface area contributed by atoms with Crippen molar-refractivity contribution in [1.29, 1.82) is 0 Å². The van der Waals surface area contributed by atoms with Crippen molar-refractivity contribution < 1.29 is 19.1 Å². The summed E-state index contributed by atoms with van der Waals surface area (Å²) in [6, 6.07) is 3.31. The van der Waals surface area contributed by atoms with Gasteiger partial charge in [0.15, 0.2) is 12.3 Å². The number of hydrogen-bond donors (Lipinski definition) is 1. The number of aromatic nitrogens is 1. The fourth-order valence-electron chi connectivity index (χ4n) is 4.32. The monoisotopic (exact) mass is 391 g/mol. The van der Waals surface area contributed by atoms with Gasteiger partial charge in [-0.05, 0) is 44.7 Å². The van der Waals surface area contributed by atoms with Gasteiger partial charge in [0, 0.05) is 25.5 Å². The maximum Gasteiger partial charge on any atom is 0.249 e. The molecule has 2 heterocycles. The summed E-state index contributed by atoms with van der Waals surface area (Å²) in [5.74, 6) is 0.250. The van der Waals surface area contributed by atoms with Crippen LogP contribution >= 0.6 is 0 Å². The summed E-state index contributed by atoms with van der Waals surface area (Å²) in [7, 11) is 0. The van der Waals surface area contributed by atoms with Crippen LogP contribution in [0.15, 0.2) is 18.3 Å². The Morgan fingerprint density at radius 3 is 2.64 bits per heavy atom. The van der Waals surface area contributed by atoms with E-state index < -0.39 is 12.3 Å².